The molecule has 2 aromatic carbocycles. The van der Waals surface area contributed by atoms with Crippen molar-refractivity contribution in [2.24, 2.45) is 5.73 Å². The van der Waals surface area contributed by atoms with Gasteiger partial charge in [-0.05, 0) is 36.2 Å². The van der Waals surface area contributed by atoms with Crippen molar-refractivity contribution in [3.8, 4) is 16.8 Å². The Morgan fingerprint density at radius 1 is 0.962 bits per heavy atom. The molecule has 0 bridgehead atoms. The number of amides is 2. The monoisotopic (exact) mass is 347 g/mol. The second kappa shape index (κ2) is 6.88. The van der Waals surface area contributed by atoms with Crippen molar-refractivity contribution in [3.05, 3.63) is 77.6 Å². The maximum atomic E-state index is 12.8. The minimum Gasteiger partial charge on any atom is -0.366 e. The Hall–Kier alpha value is -3.34. The van der Waals surface area contributed by atoms with Gasteiger partial charge >= 0.3 is 0 Å². The van der Waals surface area contributed by atoms with Gasteiger partial charge < -0.3 is 15.2 Å². The predicted octanol–water partition coefficient (Wildman–Crippen LogP) is 3.25. The highest BCUT2D eigenvalue weighted by Gasteiger charge is 2.17. The summed E-state index contributed by atoms with van der Waals surface area (Å²) >= 11 is 0. The quantitative estimate of drug-likeness (QED) is 0.787. The number of hydrogen-bond donors (Lipinski definition) is 1. The van der Waals surface area contributed by atoms with Crippen LogP contribution in [0.3, 0.4) is 0 Å². The maximum absolute atomic E-state index is 12.8. The Kier molecular flexibility index (Phi) is 4.63. The van der Waals surface area contributed by atoms with E-state index in [0.29, 0.717) is 11.1 Å². The van der Waals surface area contributed by atoms with Crippen LogP contribution >= 0.6 is 0 Å². The molecule has 0 saturated heterocycles. The SMILES string of the molecule is Cc1c(C(N)=O)ccn1-c1ccc(-c2ccccc2)c(C(=O)N(C)C)c1. The lowest BCUT2D eigenvalue weighted by atomic mass is 9.98. The van der Waals surface area contributed by atoms with Gasteiger partial charge in [-0.3, -0.25) is 9.59 Å². The molecule has 0 fully saturated rings. The standard InChI is InChI=1S/C21H21N3O2/c1-14-17(20(22)25)11-12-24(14)16-9-10-18(15-7-5-4-6-8-15)19(13-16)21(26)23(2)3/h4-13H,1-3H3,(H2,22,25). The van der Waals surface area contributed by atoms with Gasteiger partial charge in [0.05, 0.1) is 5.56 Å². The van der Waals surface area contributed by atoms with Gasteiger partial charge in [-0.25, -0.2) is 0 Å². The van der Waals surface area contributed by atoms with Crippen LogP contribution in [0.2, 0.25) is 0 Å². The van der Waals surface area contributed by atoms with Gasteiger partial charge in [-0.2, -0.15) is 0 Å². The summed E-state index contributed by atoms with van der Waals surface area (Å²) in [6, 6.07) is 17.2. The van der Waals surface area contributed by atoms with Crippen LogP contribution in [0.25, 0.3) is 16.8 Å². The Bertz CT molecular complexity index is 972. The second-order valence-electron chi connectivity index (χ2n) is 6.34. The highest BCUT2D eigenvalue weighted by Crippen LogP contribution is 2.28. The molecule has 1 heterocycles. The smallest absolute Gasteiger partial charge is 0.254 e. The zero-order valence-corrected chi connectivity index (χ0v) is 15.1. The van der Waals surface area contributed by atoms with Crippen molar-refractivity contribution in [3.63, 3.8) is 0 Å². The van der Waals surface area contributed by atoms with Crippen LogP contribution < -0.4 is 5.73 Å². The van der Waals surface area contributed by atoms with Crippen molar-refractivity contribution >= 4 is 11.8 Å². The van der Waals surface area contributed by atoms with E-state index in [2.05, 4.69) is 0 Å². The Morgan fingerprint density at radius 2 is 1.65 bits per heavy atom. The predicted molar refractivity (Wildman–Crippen MR) is 102 cm³/mol. The van der Waals surface area contributed by atoms with E-state index in [0.717, 1.165) is 22.5 Å². The average Bonchev–Trinajstić information content (AvgIpc) is 3.03. The average molecular weight is 347 g/mol. The molecule has 0 spiro atoms. The van der Waals surface area contributed by atoms with Crippen molar-refractivity contribution in [2.75, 3.05) is 14.1 Å². The summed E-state index contributed by atoms with van der Waals surface area (Å²) in [6.45, 7) is 1.83. The molecule has 0 radical (unpaired) electrons. The lowest BCUT2D eigenvalue weighted by molar-refractivity contribution is 0.0828. The lowest BCUT2D eigenvalue weighted by Gasteiger charge is -2.17. The molecule has 5 nitrogen and oxygen atoms in total. The summed E-state index contributed by atoms with van der Waals surface area (Å²) in [7, 11) is 3.46. The van der Waals surface area contributed by atoms with Gasteiger partial charge in [0, 0.05) is 37.2 Å². The summed E-state index contributed by atoms with van der Waals surface area (Å²) < 4.78 is 1.86. The van der Waals surface area contributed by atoms with E-state index < -0.39 is 5.91 Å². The highest BCUT2D eigenvalue weighted by atomic mass is 16.2. The molecule has 0 atom stereocenters. The van der Waals surface area contributed by atoms with Crippen LogP contribution in [0.5, 0.6) is 0 Å². The molecule has 3 aromatic rings. The zero-order chi connectivity index (χ0) is 18.8. The van der Waals surface area contributed by atoms with Crippen LogP contribution in [-0.2, 0) is 0 Å². The van der Waals surface area contributed by atoms with Gasteiger partial charge in [0.1, 0.15) is 0 Å². The van der Waals surface area contributed by atoms with E-state index in [9.17, 15) is 9.59 Å². The van der Waals surface area contributed by atoms with E-state index in [1.54, 1.807) is 31.3 Å². The van der Waals surface area contributed by atoms with Crippen molar-refractivity contribution < 1.29 is 9.59 Å². The van der Waals surface area contributed by atoms with E-state index in [4.69, 9.17) is 5.73 Å². The van der Waals surface area contributed by atoms with E-state index in [1.807, 2.05) is 60.0 Å². The maximum Gasteiger partial charge on any atom is 0.254 e. The number of hydrogen-bond acceptors (Lipinski definition) is 2. The number of nitrogens with two attached hydrogens (primary N) is 1. The van der Waals surface area contributed by atoms with Gasteiger partial charge in [0.2, 0.25) is 0 Å². The molecule has 0 aliphatic carbocycles. The summed E-state index contributed by atoms with van der Waals surface area (Å²) in [6.07, 6.45) is 1.79. The molecule has 2 amide bonds. The van der Waals surface area contributed by atoms with Crippen molar-refractivity contribution in [2.45, 2.75) is 6.92 Å². The number of primary amides is 1. The number of benzene rings is 2. The van der Waals surface area contributed by atoms with Gasteiger partial charge in [-0.1, -0.05) is 36.4 Å². The van der Waals surface area contributed by atoms with Gasteiger partial charge in [0.25, 0.3) is 11.8 Å². The number of rotatable bonds is 4. The molecule has 0 aliphatic rings. The van der Waals surface area contributed by atoms with Crippen LogP contribution in [-0.4, -0.2) is 35.4 Å². The first-order valence-electron chi connectivity index (χ1n) is 8.29. The first kappa shape index (κ1) is 17.5. The third-order valence-corrected chi connectivity index (χ3v) is 4.41. The van der Waals surface area contributed by atoms with Gasteiger partial charge in [-0.15, -0.1) is 0 Å². The van der Waals surface area contributed by atoms with Crippen LogP contribution in [0.15, 0.2) is 60.8 Å². The first-order valence-corrected chi connectivity index (χ1v) is 8.29. The minimum absolute atomic E-state index is 0.0781. The van der Waals surface area contributed by atoms with Gasteiger partial charge in [0.15, 0.2) is 0 Å². The summed E-state index contributed by atoms with van der Waals surface area (Å²) in [5.41, 5.74) is 9.88. The summed E-state index contributed by atoms with van der Waals surface area (Å²) in [5.74, 6) is -0.544. The number of aromatic nitrogens is 1. The minimum atomic E-state index is -0.466. The van der Waals surface area contributed by atoms with E-state index in [1.165, 1.54) is 0 Å². The van der Waals surface area contributed by atoms with Crippen LogP contribution in [0, 0.1) is 6.92 Å². The molecule has 26 heavy (non-hydrogen) atoms. The number of carbonyl (C=O) groups is 2. The molecule has 0 aliphatic heterocycles. The third kappa shape index (κ3) is 3.11. The van der Waals surface area contributed by atoms with E-state index >= 15 is 0 Å². The molecule has 2 N–H and O–H groups in total. The topological polar surface area (TPSA) is 68.3 Å². The summed E-state index contributed by atoms with van der Waals surface area (Å²) in [5, 5.41) is 0. The second-order valence-corrected chi connectivity index (χ2v) is 6.34. The molecule has 132 valence electrons. The van der Waals surface area contributed by atoms with Crippen LogP contribution in [0.4, 0.5) is 0 Å². The normalized spacial score (nSPS) is 10.6. The largest absolute Gasteiger partial charge is 0.366 e. The molecule has 5 heteroatoms. The van der Waals surface area contributed by atoms with Crippen LogP contribution in [0.1, 0.15) is 26.4 Å². The fourth-order valence-corrected chi connectivity index (χ4v) is 3.02. The summed E-state index contributed by atoms with van der Waals surface area (Å²) in [4.78, 5) is 25.8. The Balaban J connectivity index is 2.17. The molecule has 0 unspecified atom stereocenters. The molecular formula is C21H21N3O2. The van der Waals surface area contributed by atoms with E-state index in [-0.39, 0.29) is 5.91 Å². The fraction of sp³-hybridized carbons (Fsp3) is 0.143. The number of carbonyl (C=O) groups excluding carboxylic acids is 2. The molecular weight excluding hydrogens is 326 g/mol. The fourth-order valence-electron chi connectivity index (χ4n) is 3.02. The highest BCUT2D eigenvalue weighted by molar-refractivity contribution is 6.01. The molecule has 3 rings (SSSR count). The zero-order valence-electron chi connectivity index (χ0n) is 15.1. The molecule has 0 saturated carbocycles. The van der Waals surface area contributed by atoms with Crippen molar-refractivity contribution in [1.82, 2.24) is 9.47 Å². The third-order valence-electron chi connectivity index (χ3n) is 4.41. The Labute approximate surface area is 152 Å². The Morgan fingerprint density at radius 3 is 2.23 bits per heavy atom. The number of nitrogens with zero attached hydrogens (tertiary/aromatic N) is 2. The first-order chi connectivity index (χ1) is 12.4. The van der Waals surface area contributed by atoms with Crippen molar-refractivity contribution in [1.29, 1.82) is 0 Å². The lowest BCUT2D eigenvalue weighted by Crippen LogP contribution is -2.22. The molecule has 1 aromatic heterocycles.